The Balaban J connectivity index is 1.89. The first kappa shape index (κ1) is 12.0. The van der Waals surface area contributed by atoms with Crippen molar-refractivity contribution < 1.29 is 4.42 Å². The summed E-state index contributed by atoms with van der Waals surface area (Å²) in [5.41, 5.74) is 2.02. The maximum Gasteiger partial charge on any atom is 0.170 e. The van der Waals surface area contributed by atoms with E-state index in [9.17, 15) is 0 Å². The van der Waals surface area contributed by atoms with Crippen LogP contribution in [-0.2, 0) is 0 Å². The second kappa shape index (κ2) is 4.65. The van der Waals surface area contributed by atoms with Gasteiger partial charge >= 0.3 is 0 Å². The van der Waals surface area contributed by atoms with Crippen molar-refractivity contribution in [3.63, 3.8) is 0 Å². The van der Waals surface area contributed by atoms with Gasteiger partial charge in [-0.25, -0.2) is 0 Å². The maximum atomic E-state index is 6.04. The fourth-order valence-corrected chi connectivity index (χ4v) is 3.50. The van der Waals surface area contributed by atoms with Gasteiger partial charge in [0.2, 0.25) is 0 Å². The molecule has 0 spiro atoms. The molecule has 0 aliphatic carbocycles. The third-order valence-corrected chi connectivity index (χ3v) is 4.57. The normalized spacial score (nSPS) is 14.6. The Morgan fingerprint density at radius 2 is 2.20 bits per heavy atom. The zero-order valence-corrected chi connectivity index (χ0v) is 12.1. The fourth-order valence-electron chi connectivity index (χ4n) is 2.41. The summed E-state index contributed by atoms with van der Waals surface area (Å²) >= 11 is 7.61. The second-order valence-corrected chi connectivity index (χ2v) is 6.30. The van der Waals surface area contributed by atoms with E-state index in [2.05, 4.69) is 22.4 Å². The quantitative estimate of drug-likeness (QED) is 0.771. The standard InChI is InChI=1S/C15H11ClN2OS/c16-14-5-4-13(20-14)9-2-1-3-11-10(9)8-12(19-11)15-17-6-7-18-15/h1-5,8H,6-7H2,(H,17,18). The van der Waals surface area contributed by atoms with Gasteiger partial charge in [-0.1, -0.05) is 23.7 Å². The molecule has 0 saturated carbocycles. The van der Waals surface area contributed by atoms with Crippen molar-refractivity contribution in [2.24, 2.45) is 4.99 Å². The number of aliphatic imine (C=N–C) groups is 1. The van der Waals surface area contributed by atoms with Crippen LogP contribution in [-0.4, -0.2) is 18.9 Å². The minimum atomic E-state index is 0.794. The lowest BCUT2D eigenvalue weighted by Gasteiger charge is -1.97. The molecule has 0 unspecified atom stereocenters. The van der Waals surface area contributed by atoms with Crippen molar-refractivity contribution in [3.8, 4) is 10.4 Å². The van der Waals surface area contributed by atoms with E-state index in [0.29, 0.717) is 0 Å². The van der Waals surface area contributed by atoms with Crippen molar-refractivity contribution in [1.29, 1.82) is 0 Å². The average molecular weight is 303 g/mol. The predicted octanol–water partition coefficient (Wildman–Crippen LogP) is 4.16. The minimum Gasteiger partial charge on any atom is -0.453 e. The van der Waals surface area contributed by atoms with Gasteiger partial charge in [0.1, 0.15) is 5.58 Å². The first-order valence-electron chi connectivity index (χ1n) is 6.38. The van der Waals surface area contributed by atoms with Gasteiger partial charge in [0, 0.05) is 22.4 Å². The monoisotopic (exact) mass is 302 g/mol. The molecule has 1 N–H and O–H groups in total. The van der Waals surface area contributed by atoms with Crippen LogP contribution < -0.4 is 5.32 Å². The van der Waals surface area contributed by atoms with Gasteiger partial charge in [-0.2, -0.15) is 0 Å². The Kier molecular flexibility index (Phi) is 2.79. The molecule has 0 bridgehead atoms. The summed E-state index contributed by atoms with van der Waals surface area (Å²) in [7, 11) is 0. The number of nitrogens with one attached hydrogen (secondary N) is 1. The Morgan fingerprint density at radius 3 is 2.95 bits per heavy atom. The van der Waals surface area contributed by atoms with E-state index in [1.54, 1.807) is 11.3 Å². The smallest absolute Gasteiger partial charge is 0.170 e. The van der Waals surface area contributed by atoms with Crippen LogP contribution in [0.3, 0.4) is 0 Å². The minimum absolute atomic E-state index is 0.794. The van der Waals surface area contributed by atoms with Gasteiger partial charge in [0.05, 0.1) is 10.9 Å². The molecule has 1 aliphatic heterocycles. The van der Waals surface area contributed by atoms with Crippen molar-refractivity contribution in [1.82, 2.24) is 5.32 Å². The Morgan fingerprint density at radius 1 is 1.25 bits per heavy atom. The van der Waals surface area contributed by atoms with Crippen LogP contribution in [0.15, 0.2) is 45.8 Å². The van der Waals surface area contributed by atoms with E-state index < -0.39 is 0 Å². The van der Waals surface area contributed by atoms with Gasteiger partial charge in [-0.05, 0) is 24.3 Å². The molecule has 20 heavy (non-hydrogen) atoms. The number of rotatable bonds is 2. The number of halogens is 1. The fraction of sp³-hybridized carbons (Fsp3) is 0.133. The van der Waals surface area contributed by atoms with Crippen molar-refractivity contribution in [2.45, 2.75) is 0 Å². The van der Waals surface area contributed by atoms with Crippen LogP contribution in [0, 0.1) is 0 Å². The topological polar surface area (TPSA) is 37.5 Å². The van der Waals surface area contributed by atoms with Gasteiger partial charge in [0.25, 0.3) is 0 Å². The molecule has 3 nitrogen and oxygen atoms in total. The molecule has 0 atom stereocenters. The Labute approximate surface area is 124 Å². The van der Waals surface area contributed by atoms with Gasteiger partial charge < -0.3 is 9.73 Å². The summed E-state index contributed by atoms with van der Waals surface area (Å²) in [5.74, 6) is 1.64. The number of fused-ring (bicyclic) bond motifs is 1. The molecule has 0 fully saturated rings. The third-order valence-electron chi connectivity index (χ3n) is 3.31. The zero-order valence-electron chi connectivity index (χ0n) is 10.5. The molecular weight excluding hydrogens is 292 g/mol. The number of hydrogen-bond acceptors (Lipinski definition) is 4. The van der Waals surface area contributed by atoms with Crippen molar-refractivity contribution in [2.75, 3.05) is 13.1 Å². The van der Waals surface area contributed by atoms with Crippen molar-refractivity contribution in [3.05, 3.63) is 46.5 Å². The summed E-state index contributed by atoms with van der Waals surface area (Å²) in [6, 6.07) is 12.1. The molecule has 2 aromatic heterocycles. The molecule has 3 heterocycles. The highest BCUT2D eigenvalue weighted by Crippen LogP contribution is 2.36. The van der Waals surface area contributed by atoms with E-state index in [0.717, 1.165) is 50.4 Å². The SMILES string of the molecule is Clc1ccc(-c2cccc3oc(C4=NCCN4)cc23)s1. The van der Waals surface area contributed by atoms with Gasteiger partial charge in [0.15, 0.2) is 11.6 Å². The summed E-state index contributed by atoms with van der Waals surface area (Å²) in [6.45, 7) is 1.68. The molecule has 5 heteroatoms. The number of amidine groups is 1. The Hall–Kier alpha value is -1.78. The molecule has 0 radical (unpaired) electrons. The highest BCUT2D eigenvalue weighted by molar-refractivity contribution is 7.19. The van der Waals surface area contributed by atoms with Crippen LogP contribution in [0.25, 0.3) is 21.4 Å². The summed E-state index contributed by atoms with van der Waals surface area (Å²) < 4.78 is 6.69. The number of hydrogen-bond donors (Lipinski definition) is 1. The summed E-state index contributed by atoms with van der Waals surface area (Å²) in [6.07, 6.45) is 0. The second-order valence-electron chi connectivity index (χ2n) is 4.59. The molecular formula is C15H11ClN2OS. The van der Waals surface area contributed by atoms with Crippen LogP contribution in [0.5, 0.6) is 0 Å². The van der Waals surface area contributed by atoms with Crippen molar-refractivity contribution >= 4 is 39.7 Å². The number of thiophene rings is 1. The van der Waals surface area contributed by atoms with E-state index in [4.69, 9.17) is 16.0 Å². The highest BCUT2D eigenvalue weighted by atomic mass is 35.5. The zero-order chi connectivity index (χ0) is 13.5. The Bertz CT molecular complexity index is 818. The molecule has 1 aromatic carbocycles. The van der Waals surface area contributed by atoms with Crippen LogP contribution >= 0.6 is 22.9 Å². The van der Waals surface area contributed by atoms with Gasteiger partial charge in [-0.3, -0.25) is 4.99 Å². The lowest BCUT2D eigenvalue weighted by Crippen LogP contribution is -2.18. The number of furan rings is 1. The first-order valence-corrected chi connectivity index (χ1v) is 7.58. The average Bonchev–Trinajstić information content (AvgIpc) is 3.17. The molecule has 3 aromatic rings. The number of nitrogens with zero attached hydrogens (tertiary/aromatic N) is 1. The first-order chi connectivity index (χ1) is 9.81. The maximum absolute atomic E-state index is 6.04. The van der Waals surface area contributed by atoms with Crippen LogP contribution in [0.1, 0.15) is 5.76 Å². The van der Waals surface area contributed by atoms with E-state index in [1.807, 2.05) is 24.3 Å². The van der Waals surface area contributed by atoms with E-state index in [1.165, 1.54) is 0 Å². The highest BCUT2D eigenvalue weighted by Gasteiger charge is 2.16. The third kappa shape index (κ3) is 1.92. The predicted molar refractivity (Wildman–Crippen MR) is 83.9 cm³/mol. The lowest BCUT2D eigenvalue weighted by molar-refractivity contribution is 0.602. The summed E-state index contributed by atoms with van der Waals surface area (Å²) in [4.78, 5) is 5.55. The molecule has 100 valence electrons. The molecule has 1 aliphatic rings. The largest absolute Gasteiger partial charge is 0.453 e. The molecule has 0 amide bonds. The van der Waals surface area contributed by atoms with E-state index >= 15 is 0 Å². The molecule has 0 saturated heterocycles. The van der Waals surface area contributed by atoms with Gasteiger partial charge in [-0.15, -0.1) is 11.3 Å². The van der Waals surface area contributed by atoms with E-state index in [-0.39, 0.29) is 0 Å². The number of benzene rings is 1. The van der Waals surface area contributed by atoms with Crippen LogP contribution in [0.2, 0.25) is 4.34 Å². The van der Waals surface area contributed by atoms with Crippen LogP contribution in [0.4, 0.5) is 0 Å². The summed E-state index contributed by atoms with van der Waals surface area (Å²) in [5, 5.41) is 4.33. The molecule has 4 rings (SSSR count). The lowest BCUT2D eigenvalue weighted by atomic mass is 10.1.